The number of aromatic nitrogens is 1. The topological polar surface area (TPSA) is 90.5 Å². The number of halogens is 1. The number of hydrogen-bond acceptors (Lipinski definition) is 4. The lowest BCUT2D eigenvalue weighted by Gasteiger charge is -2.09. The summed E-state index contributed by atoms with van der Waals surface area (Å²) in [4.78, 5) is 14.7. The highest BCUT2D eigenvalue weighted by Gasteiger charge is 2.12. The number of methoxy groups -OCH3 is 1. The molecular formula is C17H23ClN4O2. The summed E-state index contributed by atoms with van der Waals surface area (Å²) in [5.74, 6) is 1.86. The summed E-state index contributed by atoms with van der Waals surface area (Å²) in [7, 11) is 1.64. The summed E-state index contributed by atoms with van der Waals surface area (Å²) in [6.07, 6.45) is 0. The van der Waals surface area contributed by atoms with Crippen molar-refractivity contribution in [1.82, 2.24) is 0 Å². The summed E-state index contributed by atoms with van der Waals surface area (Å²) < 4.78 is 5.13. The Hall–Kier alpha value is -2.47. The average molecular weight is 351 g/mol. The molecule has 0 bridgehead atoms. The van der Waals surface area contributed by atoms with Crippen molar-refractivity contribution in [3.05, 3.63) is 42.0 Å². The fourth-order valence-corrected chi connectivity index (χ4v) is 1.94. The molecule has 0 radical (unpaired) electrons. The Kier molecular flexibility index (Phi) is 7.32. The number of anilines is 3. The Balaban J connectivity index is 0.00000288. The van der Waals surface area contributed by atoms with Crippen LogP contribution in [0.3, 0.4) is 0 Å². The fourth-order valence-electron chi connectivity index (χ4n) is 1.94. The van der Waals surface area contributed by atoms with E-state index in [1.54, 1.807) is 13.2 Å². The van der Waals surface area contributed by atoms with E-state index in [0.717, 1.165) is 17.1 Å². The highest BCUT2D eigenvalue weighted by molar-refractivity contribution is 5.94. The van der Waals surface area contributed by atoms with Crippen molar-refractivity contribution < 1.29 is 26.9 Å². The monoisotopic (exact) mass is 350 g/mol. The number of carbonyl (C=O) groups excluding carboxylic acids is 1. The molecule has 2 aromatic rings. The Bertz CT molecular complexity index is 675. The Labute approximate surface area is 148 Å². The van der Waals surface area contributed by atoms with Gasteiger partial charge in [-0.25, -0.2) is 4.98 Å². The third-order valence-corrected chi connectivity index (χ3v) is 3.40. The molecule has 1 heterocycles. The van der Waals surface area contributed by atoms with Crippen LogP contribution in [-0.4, -0.2) is 13.0 Å². The molecule has 0 unspecified atom stereocenters. The lowest BCUT2D eigenvalue weighted by Crippen LogP contribution is -3.00. The molecular weight excluding hydrogens is 328 g/mol. The minimum atomic E-state index is -0.0951. The van der Waals surface area contributed by atoms with Crippen LogP contribution in [0.15, 0.2) is 36.4 Å². The van der Waals surface area contributed by atoms with Crippen molar-refractivity contribution in [2.45, 2.75) is 20.4 Å². The zero-order valence-corrected chi connectivity index (χ0v) is 14.8. The van der Waals surface area contributed by atoms with Crippen molar-refractivity contribution in [3.8, 4) is 5.75 Å². The van der Waals surface area contributed by atoms with Gasteiger partial charge in [-0.1, -0.05) is 26.0 Å². The molecule has 0 fully saturated rings. The van der Waals surface area contributed by atoms with Gasteiger partial charge >= 0.3 is 0 Å². The fraction of sp³-hybridized carbons (Fsp3) is 0.294. The van der Waals surface area contributed by atoms with Gasteiger partial charge in [-0.2, -0.15) is 0 Å². The standard InChI is InChI=1S/C17H22N4O2.ClH/c1-11(2)17(22)20-14-8-9-15(21-16(14)18)19-10-12-4-6-13(23-3)7-5-12;/h4-9,11H,10H2,1-3H3,(H,20,22)(H3,18,19,21);1H. The van der Waals surface area contributed by atoms with Gasteiger partial charge in [-0.05, 0) is 23.8 Å². The number of amides is 1. The summed E-state index contributed by atoms with van der Waals surface area (Å²) in [6, 6.07) is 11.4. The molecule has 1 amide bonds. The Morgan fingerprint density at radius 2 is 1.88 bits per heavy atom. The van der Waals surface area contributed by atoms with Crippen molar-refractivity contribution in [3.63, 3.8) is 0 Å². The maximum atomic E-state index is 11.7. The molecule has 24 heavy (non-hydrogen) atoms. The van der Waals surface area contributed by atoms with E-state index in [2.05, 4.69) is 15.6 Å². The van der Waals surface area contributed by atoms with Gasteiger partial charge in [0.05, 0.1) is 13.7 Å². The first kappa shape index (κ1) is 19.6. The van der Waals surface area contributed by atoms with Crippen LogP contribution >= 0.6 is 0 Å². The second-order valence-corrected chi connectivity index (χ2v) is 5.54. The number of nitrogens with one attached hydrogen (secondary N) is 3. The van der Waals surface area contributed by atoms with Crippen LogP contribution in [0, 0.1) is 5.92 Å². The summed E-state index contributed by atoms with van der Waals surface area (Å²) >= 11 is 0. The lowest BCUT2D eigenvalue weighted by atomic mass is 10.2. The van der Waals surface area contributed by atoms with Crippen molar-refractivity contribution in [1.29, 1.82) is 0 Å². The van der Waals surface area contributed by atoms with E-state index < -0.39 is 0 Å². The summed E-state index contributed by atoms with van der Waals surface area (Å²) in [5.41, 5.74) is 7.65. The zero-order chi connectivity index (χ0) is 16.8. The molecule has 130 valence electrons. The molecule has 0 aliphatic heterocycles. The van der Waals surface area contributed by atoms with E-state index >= 15 is 0 Å². The second-order valence-electron chi connectivity index (χ2n) is 5.54. The number of nitrogen functional groups attached to an aromatic ring is 1. The predicted octanol–water partition coefficient (Wildman–Crippen LogP) is -0.698. The first-order chi connectivity index (χ1) is 11.0. The van der Waals surface area contributed by atoms with Crippen LogP contribution in [0.2, 0.25) is 0 Å². The number of hydrogen-bond donors (Lipinski definition) is 3. The summed E-state index contributed by atoms with van der Waals surface area (Å²) in [6.45, 7) is 4.32. The smallest absolute Gasteiger partial charge is 0.241 e. The molecule has 6 nitrogen and oxygen atoms in total. The third kappa shape index (κ3) is 5.31. The molecule has 5 N–H and O–H groups in total. The van der Waals surface area contributed by atoms with Gasteiger partial charge in [0, 0.05) is 12.0 Å². The number of H-pyrrole nitrogens is 1. The van der Waals surface area contributed by atoms with Crippen molar-refractivity contribution >= 4 is 23.2 Å². The first-order valence-corrected chi connectivity index (χ1v) is 7.49. The van der Waals surface area contributed by atoms with Gasteiger partial charge < -0.3 is 33.5 Å². The van der Waals surface area contributed by atoms with Gasteiger partial charge in [0.25, 0.3) is 0 Å². The normalized spacial score (nSPS) is 10.0. The Morgan fingerprint density at radius 3 is 2.42 bits per heavy atom. The molecule has 1 aromatic carbocycles. The quantitative estimate of drug-likeness (QED) is 0.642. The van der Waals surface area contributed by atoms with Crippen molar-refractivity contribution in [2.24, 2.45) is 5.92 Å². The maximum absolute atomic E-state index is 11.7. The van der Waals surface area contributed by atoms with E-state index in [1.165, 1.54) is 0 Å². The number of aromatic amines is 1. The number of ether oxygens (including phenoxy) is 1. The maximum Gasteiger partial charge on any atom is 0.241 e. The summed E-state index contributed by atoms with van der Waals surface area (Å²) in [5, 5.41) is 6.04. The van der Waals surface area contributed by atoms with Crippen LogP contribution in [0.4, 0.5) is 17.3 Å². The van der Waals surface area contributed by atoms with E-state index in [1.807, 2.05) is 44.2 Å². The third-order valence-electron chi connectivity index (χ3n) is 3.40. The minimum Gasteiger partial charge on any atom is -1.00 e. The average Bonchev–Trinajstić information content (AvgIpc) is 2.55. The zero-order valence-electron chi connectivity index (χ0n) is 14.0. The molecule has 0 saturated carbocycles. The van der Waals surface area contributed by atoms with Crippen LogP contribution < -0.4 is 38.5 Å². The van der Waals surface area contributed by atoms with Crippen LogP contribution in [0.25, 0.3) is 0 Å². The molecule has 2 rings (SSSR count). The van der Waals surface area contributed by atoms with E-state index in [4.69, 9.17) is 10.5 Å². The lowest BCUT2D eigenvalue weighted by molar-refractivity contribution is -0.342. The molecule has 0 atom stereocenters. The first-order valence-electron chi connectivity index (χ1n) is 7.49. The van der Waals surface area contributed by atoms with Gasteiger partial charge in [-0.15, -0.1) is 0 Å². The minimum absolute atomic E-state index is 0. The van der Waals surface area contributed by atoms with Crippen LogP contribution in [-0.2, 0) is 11.3 Å². The second kappa shape index (κ2) is 8.98. The number of nitrogens with two attached hydrogens (primary N) is 1. The van der Waals surface area contributed by atoms with Gasteiger partial charge in [-0.3, -0.25) is 4.79 Å². The number of pyridine rings is 1. The molecule has 1 aromatic heterocycles. The van der Waals surface area contributed by atoms with Gasteiger partial charge in [0.1, 0.15) is 11.4 Å². The largest absolute Gasteiger partial charge is 1.00 e. The number of carbonyl (C=O) groups is 1. The number of rotatable bonds is 6. The molecule has 0 aliphatic carbocycles. The SMILES string of the molecule is COc1ccc(CNc2ccc(NC(=O)C(C)C)c(N)[nH+]2)cc1.[Cl-]. The molecule has 7 heteroatoms. The van der Waals surface area contributed by atoms with Gasteiger partial charge in [0.15, 0.2) is 0 Å². The van der Waals surface area contributed by atoms with Crippen molar-refractivity contribution in [2.75, 3.05) is 23.5 Å². The van der Waals surface area contributed by atoms with Crippen LogP contribution in [0.5, 0.6) is 5.75 Å². The van der Waals surface area contributed by atoms with E-state index in [-0.39, 0.29) is 24.2 Å². The van der Waals surface area contributed by atoms with E-state index in [0.29, 0.717) is 18.1 Å². The molecule has 0 spiro atoms. The van der Waals surface area contributed by atoms with Gasteiger partial charge in [0.2, 0.25) is 17.5 Å². The Morgan fingerprint density at radius 1 is 1.21 bits per heavy atom. The highest BCUT2D eigenvalue weighted by atomic mass is 35.5. The predicted molar refractivity (Wildman–Crippen MR) is 91.2 cm³/mol. The van der Waals surface area contributed by atoms with Crippen LogP contribution in [0.1, 0.15) is 19.4 Å². The van der Waals surface area contributed by atoms with E-state index in [9.17, 15) is 4.79 Å². The molecule has 0 aliphatic rings. The highest BCUT2D eigenvalue weighted by Crippen LogP contribution is 2.17. The number of benzene rings is 1. The molecule has 0 saturated heterocycles.